The van der Waals surface area contributed by atoms with Crippen molar-refractivity contribution in [3.05, 3.63) is 492 Å². The summed E-state index contributed by atoms with van der Waals surface area (Å²) in [4.78, 5) is 23.6. The third kappa shape index (κ3) is 13.1. The summed E-state index contributed by atoms with van der Waals surface area (Å²) in [5.41, 5.74) is 35.6. The fourth-order valence-electron chi connectivity index (χ4n) is 21.6. The number of aromatic nitrogens is 11. The molecule has 644 valence electrons. The molecule has 0 atom stereocenters. The van der Waals surface area contributed by atoms with Crippen LogP contribution in [0.15, 0.2) is 492 Å². The fraction of sp³-hybridized carbons (Fsp3) is 0. The Morgan fingerprint density at radius 1 is 0.130 bits per heavy atom. The summed E-state index contributed by atoms with van der Waals surface area (Å²) >= 11 is 0. The summed E-state index contributed by atoms with van der Waals surface area (Å²) in [5, 5.41) is 17.9. The van der Waals surface area contributed by atoms with Crippen molar-refractivity contribution in [2.24, 2.45) is 0 Å². The highest BCUT2D eigenvalue weighted by Crippen LogP contribution is 2.47. The van der Waals surface area contributed by atoms with Gasteiger partial charge in [0.15, 0.2) is 0 Å². The van der Waals surface area contributed by atoms with Gasteiger partial charge < -0.3 is 27.4 Å². The summed E-state index contributed by atoms with van der Waals surface area (Å²) in [7, 11) is 0. The van der Waals surface area contributed by atoms with E-state index < -0.39 is 0 Å². The second-order valence-electron chi connectivity index (χ2n) is 35.5. The van der Waals surface area contributed by atoms with Crippen molar-refractivity contribution in [3.8, 4) is 89.8 Å². The van der Waals surface area contributed by atoms with Crippen molar-refractivity contribution < 1.29 is 0 Å². The Bertz CT molecular complexity index is 9480. The van der Waals surface area contributed by atoms with Crippen LogP contribution in [-0.2, 0) is 0 Å². The zero-order valence-corrected chi connectivity index (χ0v) is 74.7. The van der Waals surface area contributed by atoms with Gasteiger partial charge in [-0.25, -0.2) is 0 Å². The quantitative estimate of drug-likeness (QED) is 0.129. The van der Waals surface area contributed by atoms with Crippen LogP contribution in [0.1, 0.15) is 0 Å². The predicted octanol–water partition coefficient (Wildman–Crippen LogP) is 32.4. The van der Waals surface area contributed by atoms with Crippen LogP contribution in [0.5, 0.6) is 0 Å². The second-order valence-corrected chi connectivity index (χ2v) is 35.5. The van der Waals surface area contributed by atoms with E-state index in [1.807, 2.05) is 55.5 Å². The summed E-state index contributed by atoms with van der Waals surface area (Å²) in [5.74, 6) is 0. The molecular formula is C127H81N11. The van der Waals surface area contributed by atoms with Crippen LogP contribution in [0, 0.1) is 0 Å². The van der Waals surface area contributed by atoms with Crippen molar-refractivity contribution in [2.45, 2.75) is 0 Å². The van der Waals surface area contributed by atoms with Crippen LogP contribution in [0.25, 0.3) is 253 Å². The highest BCUT2D eigenvalue weighted by atomic mass is 15.0. The van der Waals surface area contributed by atoms with Crippen LogP contribution in [0.3, 0.4) is 0 Å². The molecule has 0 spiro atoms. The van der Waals surface area contributed by atoms with Gasteiger partial charge in [-0.3, -0.25) is 24.9 Å². The maximum atomic E-state index is 4.90. The number of pyridine rings is 5. The summed E-state index contributed by atoms with van der Waals surface area (Å²) < 4.78 is 14.1. The van der Waals surface area contributed by atoms with Gasteiger partial charge in [-0.1, -0.05) is 267 Å². The van der Waals surface area contributed by atoms with Gasteiger partial charge in [-0.05, 0) is 238 Å². The Kier molecular flexibility index (Phi) is 18.7. The first-order valence-corrected chi connectivity index (χ1v) is 46.8. The molecule has 11 nitrogen and oxygen atoms in total. The SMILES string of the molecule is c1ccc(-c2ccc(-n3c4ccc(-c5ccc6c(c5)c5ccccc5n6-c5ccccc5)cc4c4c5ccccc5ncc43)cc2)cc1.c1ccc(-c2ccc(-n3c4ccc(-c5ccc6c(c5)c5ccccc5n6-c5ccccc5)cc4c4c5cnccc5ncc43)cc2)cc1.c1ccc(-n2c3ccccc3c3cc(-c4ccc5c(c4)c4c6cnccc6ncc4n5-c4ccccc4)ccc32)cc1. The molecule has 0 N–H and O–H groups in total. The molecule has 0 saturated carbocycles. The molecule has 11 heteroatoms. The molecule has 0 aliphatic heterocycles. The monoisotopic (exact) mass is 1760 g/mol. The minimum absolute atomic E-state index is 0.941. The summed E-state index contributed by atoms with van der Waals surface area (Å²) in [6.07, 6.45) is 13.6. The van der Waals surface area contributed by atoms with Crippen LogP contribution >= 0.6 is 0 Å². The zero-order chi connectivity index (χ0) is 90.8. The van der Waals surface area contributed by atoms with Crippen molar-refractivity contribution in [1.29, 1.82) is 0 Å². The smallest absolute Gasteiger partial charge is 0.0740 e. The Hall–Kier alpha value is -18.7. The van der Waals surface area contributed by atoms with Crippen LogP contribution in [0.4, 0.5) is 0 Å². The van der Waals surface area contributed by atoms with E-state index in [-0.39, 0.29) is 0 Å². The van der Waals surface area contributed by atoms with Crippen molar-refractivity contribution in [1.82, 2.24) is 52.3 Å². The topological polar surface area (TPSA) is 94.0 Å². The molecule has 0 unspecified atom stereocenters. The average Bonchev–Trinajstić information content (AvgIpc) is 1.57. The highest BCUT2D eigenvalue weighted by molar-refractivity contribution is 6.25. The number of hydrogen-bond acceptors (Lipinski definition) is 5. The molecule has 138 heavy (non-hydrogen) atoms. The Morgan fingerprint density at radius 3 is 0.667 bits per heavy atom. The lowest BCUT2D eigenvalue weighted by atomic mass is 10.00. The molecule has 29 rings (SSSR count). The first-order chi connectivity index (χ1) is 68.5. The maximum Gasteiger partial charge on any atom is 0.0740 e. The number of hydrogen-bond donors (Lipinski definition) is 0. The largest absolute Gasteiger partial charge is 0.309 e. The van der Waals surface area contributed by atoms with Crippen LogP contribution in [0.2, 0.25) is 0 Å². The van der Waals surface area contributed by atoms with E-state index in [0.717, 1.165) is 83.0 Å². The molecule has 0 radical (unpaired) electrons. The number of nitrogens with zero attached hydrogens (tertiary/aromatic N) is 11. The van der Waals surface area contributed by atoms with E-state index in [1.165, 1.54) is 170 Å². The zero-order valence-electron chi connectivity index (χ0n) is 74.7. The van der Waals surface area contributed by atoms with Crippen molar-refractivity contribution in [2.75, 3.05) is 0 Å². The second kappa shape index (κ2) is 32.6. The lowest BCUT2D eigenvalue weighted by molar-refractivity contribution is 1.17. The molecule has 18 aromatic carbocycles. The van der Waals surface area contributed by atoms with Gasteiger partial charge in [0.25, 0.3) is 0 Å². The van der Waals surface area contributed by atoms with E-state index in [4.69, 9.17) is 15.0 Å². The summed E-state index contributed by atoms with van der Waals surface area (Å²) in [6.45, 7) is 0. The van der Waals surface area contributed by atoms with Crippen LogP contribution in [-0.4, -0.2) is 52.3 Å². The first-order valence-electron chi connectivity index (χ1n) is 46.8. The molecule has 29 aromatic rings. The first kappa shape index (κ1) is 79.1. The lowest BCUT2D eigenvalue weighted by Crippen LogP contribution is -1.94. The van der Waals surface area contributed by atoms with Gasteiger partial charge in [-0.2, -0.15) is 0 Å². The van der Waals surface area contributed by atoms with E-state index in [1.54, 1.807) is 0 Å². The van der Waals surface area contributed by atoms with Crippen LogP contribution < -0.4 is 0 Å². The van der Waals surface area contributed by atoms with Gasteiger partial charge in [0, 0.05) is 140 Å². The standard InChI is InChI=1S/C45H29N3.C44H28N4.C38H24N4/c1-3-11-30(12-4-1)31-19-23-35(24-20-31)48-43-26-22-33(28-39(43)45-37-16-7-9-17-40(37)46-29-44(45)48)32-21-25-42-38(27-32)36-15-8-10-18-41(36)47(42)34-13-5-2-6-14-34;1-3-9-29(10-4-1)30-15-19-34(20-16-30)48-42-22-18-32(26-37(42)44-38-27-45-24-23-39(38)46-28-43(44)48)31-17-21-41-36(25-31)35-13-7-8-14-40(35)47(41)33-11-5-2-6-12-33;1-3-9-27(10-4-1)41-34-14-8-7-13-29(34)30-21-25(15-17-35(30)41)26-16-18-36-31(22-26)38-32-23-39-20-19-33(32)40-24-37(38)42(36)28-11-5-2-6-12-28/h1-29H;1-28H;1-24H. The molecule has 0 fully saturated rings. The predicted molar refractivity (Wildman–Crippen MR) is 574 cm³/mol. The summed E-state index contributed by atoms with van der Waals surface area (Å²) in [6, 6.07) is 161. The number of para-hydroxylation sites is 8. The fourth-order valence-corrected chi connectivity index (χ4v) is 21.6. The molecule has 0 bridgehead atoms. The van der Waals surface area contributed by atoms with Gasteiger partial charge in [0.2, 0.25) is 0 Å². The molecule has 0 amide bonds. The Balaban J connectivity index is 0.000000105. The van der Waals surface area contributed by atoms with Gasteiger partial charge >= 0.3 is 0 Å². The molecule has 0 aliphatic rings. The van der Waals surface area contributed by atoms with Crippen molar-refractivity contribution in [3.63, 3.8) is 0 Å². The van der Waals surface area contributed by atoms with Gasteiger partial charge in [0.05, 0.1) is 101 Å². The average molecular weight is 1760 g/mol. The lowest BCUT2D eigenvalue weighted by Gasteiger charge is -2.10. The molecule has 11 heterocycles. The van der Waals surface area contributed by atoms with Gasteiger partial charge in [-0.15, -0.1) is 0 Å². The number of rotatable bonds is 11. The van der Waals surface area contributed by atoms with Gasteiger partial charge in [0.1, 0.15) is 0 Å². The Labute approximate surface area is 792 Å². The highest BCUT2D eigenvalue weighted by Gasteiger charge is 2.25. The van der Waals surface area contributed by atoms with Crippen molar-refractivity contribution >= 4 is 164 Å². The van der Waals surface area contributed by atoms with E-state index in [0.29, 0.717) is 0 Å². The third-order valence-corrected chi connectivity index (χ3v) is 27.8. The minimum Gasteiger partial charge on any atom is -0.309 e. The Morgan fingerprint density at radius 2 is 0.348 bits per heavy atom. The molecular weight excluding hydrogens is 1680 g/mol. The maximum absolute atomic E-state index is 4.90. The van der Waals surface area contributed by atoms with E-state index >= 15 is 0 Å². The molecule has 11 aromatic heterocycles. The third-order valence-electron chi connectivity index (χ3n) is 27.8. The molecule has 0 aliphatic carbocycles. The normalized spacial score (nSPS) is 11.8. The van der Waals surface area contributed by atoms with E-state index in [2.05, 4.69) is 474 Å². The van der Waals surface area contributed by atoms with E-state index in [9.17, 15) is 0 Å². The number of benzene rings is 18. The number of fused-ring (bicyclic) bond motifs is 24. The molecule has 0 saturated heterocycles. The minimum atomic E-state index is 0.941.